The first-order valence-corrected chi connectivity index (χ1v) is 5.93. The molecule has 0 saturated heterocycles. The highest BCUT2D eigenvalue weighted by atomic mass is 16.2. The van der Waals surface area contributed by atoms with E-state index < -0.39 is 0 Å². The van der Waals surface area contributed by atoms with Gasteiger partial charge in [0.2, 0.25) is 5.91 Å². The Morgan fingerprint density at radius 1 is 1.47 bits per heavy atom. The third kappa shape index (κ3) is 2.30. The van der Waals surface area contributed by atoms with Crippen LogP contribution >= 0.6 is 0 Å². The minimum atomic E-state index is -0.228. The molecule has 0 spiro atoms. The lowest BCUT2D eigenvalue weighted by atomic mass is 10.2. The molecule has 0 saturated carbocycles. The first-order valence-electron chi connectivity index (χ1n) is 5.93. The highest BCUT2D eigenvalue weighted by molar-refractivity contribution is 5.83. The van der Waals surface area contributed by atoms with Crippen LogP contribution in [0.2, 0.25) is 0 Å². The number of aromatic nitrogens is 2. The second-order valence-corrected chi connectivity index (χ2v) is 4.11. The number of imidazole rings is 1. The first-order chi connectivity index (χ1) is 8.24. The number of para-hydroxylation sites is 2. The maximum absolute atomic E-state index is 11.9. The largest absolute Gasteiger partial charge is 0.354 e. The molecule has 2 rings (SSSR count). The topological polar surface area (TPSA) is 46.9 Å². The summed E-state index contributed by atoms with van der Waals surface area (Å²) in [6.45, 7) is 4.65. The Kier molecular flexibility index (Phi) is 3.42. The zero-order chi connectivity index (χ0) is 12.3. The SMILES string of the molecule is CCCNC(=O)C(C)n1cnc2ccccc21. The van der Waals surface area contributed by atoms with Crippen molar-refractivity contribution in [1.29, 1.82) is 0 Å². The van der Waals surface area contributed by atoms with E-state index in [-0.39, 0.29) is 11.9 Å². The highest BCUT2D eigenvalue weighted by Crippen LogP contribution is 2.17. The van der Waals surface area contributed by atoms with Crippen molar-refractivity contribution >= 4 is 16.9 Å². The van der Waals surface area contributed by atoms with E-state index in [2.05, 4.69) is 10.3 Å². The lowest BCUT2D eigenvalue weighted by molar-refractivity contribution is -0.123. The fourth-order valence-electron chi connectivity index (χ4n) is 1.81. The molecule has 17 heavy (non-hydrogen) atoms. The van der Waals surface area contributed by atoms with E-state index in [0.717, 1.165) is 24.0 Å². The molecular weight excluding hydrogens is 214 g/mol. The summed E-state index contributed by atoms with van der Waals surface area (Å²) in [7, 11) is 0. The van der Waals surface area contributed by atoms with Crippen molar-refractivity contribution in [2.24, 2.45) is 0 Å². The van der Waals surface area contributed by atoms with Gasteiger partial charge in [0.25, 0.3) is 0 Å². The lowest BCUT2D eigenvalue weighted by Crippen LogP contribution is -2.31. The van der Waals surface area contributed by atoms with Crippen LogP contribution in [0, 0.1) is 0 Å². The van der Waals surface area contributed by atoms with E-state index >= 15 is 0 Å². The molecule has 0 bridgehead atoms. The van der Waals surface area contributed by atoms with Gasteiger partial charge in [-0.25, -0.2) is 4.98 Å². The molecule has 1 heterocycles. The van der Waals surface area contributed by atoms with Crippen LogP contribution in [0.1, 0.15) is 26.3 Å². The average Bonchev–Trinajstić information content (AvgIpc) is 2.78. The number of rotatable bonds is 4. The Morgan fingerprint density at radius 2 is 2.24 bits per heavy atom. The first kappa shape index (κ1) is 11.6. The minimum Gasteiger partial charge on any atom is -0.354 e. The van der Waals surface area contributed by atoms with Gasteiger partial charge in [0.05, 0.1) is 17.4 Å². The van der Waals surface area contributed by atoms with Crippen LogP contribution in [0.15, 0.2) is 30.6 Å². The second kappa shape index (κ2) is 4.99. The van der Waals surface area contributed by atoms with Gasteiger partial charge in [0.1, 0.15) is 6.04 Å². The molecule has 1 atom stereocenters. The Morgan fingerprint density at radius 3 is 3.00 bits per heavy atom. The molecule has 1 aromatic heterocycles. The summed E-state index contributed by atoms with van der Waals surface area (Å²) in [4.78, 5) is 16.2. The molecule has 0 aliphatic rings. The quantitative estimate of drug-likeness (QED) is 0.876. The van der Waals surface area contributed by atoms with E-state index in [4.69, 9.17) is 0 Å². The van der Waals surface area contributed by atoms with Crippen molar-refractivity contribution in [3.63, 3.8) is 0 Å². The summed E-state index contributed by atoms with van der Waals surface area (Å²) in [5.41, 5.74) is 1.91. The van der Waals surface area contributed by atoms with Crippen molar-refractivity contribution < 1.29 is 4.79 Å². The Hall–Kier alpha value is -1.84. The van der Waals surface area contributed by atoms with Crippen LogP contribution in [0.4, 0.5) is 0 Å². The van der Waals surface area contributed by atoms with Gasteiger partial charge in [-0.15, -0.1) is 0 Å². The van der Waals surface area contributed by atoms with Gasteiger partial charge in [0, 0.05) is 6.54 Å². The van der Waals surface area contributed by atoms with Gasteiger partial charge in [-0.05, 0) is 25.5 Å². The van der Waals surface area contributed by atoms with E-state index in [1.165, 1.54) is 0 Å². The van der Waals surface area contributed by atoms with Crippen molar-refractivity contribution in [2.45, 2.75) is 26.3 Å². The van der Waals surface area contributed by atoms with Crippen LogP contribution < -0.4 is 5.32 Å². The number of hydrogen-bond donors (Lipinski definition) is 1. The number of carbonyl (C=O) groups excluding carboxylic acids is 1. The monoisotopic (exact) mass is 231 g/mol. The minimum absolute atomic E-state index is 0.0370. The van der Waals surface area contributed by atoms with E-state index in [1.807, 2.05) is 42.7 Å². The van der Waals surface area contributed by atoms with Gasteiger partial charge in [0.15, 0.2) is 0 Å². The van der Waals surface area contributed by atoms with Crippen molar-refractivity contribution in [1.82, 2.24) is 14.9 Å². The summed E-state index contributed by atoms with van der Waals surface area (Å²) in [6, 6.07) is 7.60. The zero-order valence-electron chi connectivity index (χ0n) is 10.2. The molecule has 90 valence electrons. The summed E-state index contributed by atoms with van der Waals surface area (Å²) in [5.74, 6) is 0.0370. The normalized spacial score (nSPS) is 12.6. The third-order valence-corrected chi connectivity index (χ3v) is 2.83. The average molecular weight is 231 g/mol. The van der Waals surface area contributed by atoms with Crippen LogP contribution in [0.5, 0.6) is 0 Å². The van der Waals surface area contributed by atoms with Crippen LogP contribution in [0.3, 0.4) is 0 Å². The molecule has 2 aromatic rings. The van der Waals surface area contributed by atoms with Gasteiger partial charge in [-0.3, -0.25) is 4.79 Å². The fraction of sp³-hybridized carbons (Fsp3) is 0.385. The van der Waals surface area contributed by atoms with E-state index in [0.29, 0.717) is 0 Å². The summed E-state index contributed by atoms with van der Waals surface area (Å²) in [5, 5.41) is 2.90. The molecule has 1 unspecified atom stereocenters. The lowest BCUT2D eigenvalue weighted by Gasteiger charge is -2.14. The molecule has 0 aliphatic carbocycles. The van der Waals surface area contributed by atoms with Gasteiger partial charge in [-0.1, -0.05) is 19.1 Å². The third-order valence-electron chi connectivity index (χ3n) is 2.83. The van der Waals surface area contributed by atoms with Crippen LogP contribution in [0.25, 0.3) is 11.0 Å². The number of amides is 1. The zero-order valence-corrected chi connectivity index (χ0v) is 10.2. The predicted octanol–water partition coefficient (Wildman–Crippen LogP) is 2.12. The number of nitrogens with one attached hydrogen (secondary N) is 1. The molecule has 0 fully saturated rings. The summed E-state index contributed by atoms with van der Waals surface area (Å²) >= 11 is 0. The highest BCUT2D eigenvalue weighted by Gasteiger charge is 2.15. The number of hydrogen-bond acceptors (Lipinski definition) is 2. The second-order valence-electron chi connectivity index (χ2n) is 4.11. The van der Waals surface area contributed by atoms with Crippen molar-refractivity contribution in [3.8, 4) is 0 Å². The molecular formula is C13H17N3O. The fourth-order valence-corrected chi connectivity index (χ4v) is 1.81. The maximum atomic E-state index is 11.9. The van der Waals surface area contributed by atoms with Gasteiger partial charge < -0.3 is 9.88 Å². The van der Waals surface area contributed by atoms with Crippen LogP contribution in [-0.4, -0.2) is 22.0 Å². The molecule has 1 aromatic carbocycles. The van der Waals surface area contributed by atoms with Gasteiger partial charge in [-0.2, -0.15) is 0 Å². The summed E-state index contributed by atoms with van der Waals surface area (Å²) in [6.07, 6.45) is 2.67. The van der Waals surface area contributed by atoms with Crippen LogP contribution in [-0.2, 0) is 4.79 Å². The number of nitrogens with zero attached hydrogens (tertiary/aromatic N) is 2. The molecule has 4 heteroatoms. The molecule has 4 nitrogen and oxygen atoms in total. The van der Waals surface area contributed by atoms with Crippen molar-refractivity contribution in [2.75, 3.05) is 6.54 Å². The molecule has 1 N–H and O–H groups in total. The number of carbonyl (C=O) groups is 1. The number of fused-ring (bicyclic) bond motifs is 1. The standard InChI is InChI=1S/C13H17N3O/c1-3-8-14-13(17)10(2)16-9-15-11-6-4-5-7-12(11)16/h4-7,9-10H,3,8H2,1-2H3,(H,14,17). The van der Waals surface area contributed by atoms with Crippen molar-refractivity contribution in [3.05, 3.63) is 30.6 Å². The van der Waals surface area contributed by atoms with E-state index in [1.54, 1.807) is 6.33 Å². The Balaban J connectivity index is 2.24. The molecule has 1 amide bonds. The Labute approximate surface area is 101 Å². The maximum Gasteiger partial charge on any atom is 0.242 e. The smallest absolute Gasteiger partial charge is 0.242 e. The van der Waals surface area contributed by atoms with E-state index in [9.17, 15) is 4.79 Å². The molecule has 0 aliphatic heterocycles. The molecule has 0 radical (unpaired) electrons. The number of benzene rings is 1. The summed E-state index contributed by atoms with van der Waals surface area (Å²) < 4.78 is 1.90. The Bertz CT molecular complexity index is 518. The predicted molar refractivity (Wildman–Crippen MR) is 67.7 cm³/mol. The van der Waals surface area contributed by atoms with Gasteiger partial charge >= 0.3 is 0 Å².